The number of nitrogens with zero attached hydrogens (tertiary/aromatic N) is 2. The van der Waals surface area contributed by atoms with Crippen LogP contribution in [0.4, 0.5) is 5.69 Å². The zero-order chi connectivity index (χ0) is 14.0. The van der Waals surface area contributed by atoms with E-state index in [1.54, 1.807) is 29.1 Å². The lowest BCUT2D eigenvalue weighted by molar-refractivity contribution is 0.102. The zero-order valence-electron chi connectivity index (χ0n) is 10.6. The van der Waals surface area contributed by atoms with E-state index in [-0.39, 0.29) is 5.91 Å². The molecule has 1 heterocycles. The fourth-order valence-electron chi connectivity index (χ4n) is 1.76. The fourth-order valence-corrected chi connectivity index (χ4v) is 2.63. The molecule has 19 heavy (non-hydrogen) atoms. The van der Waals surface area contributed by atoms with Gasteiger partial charge in [0, 0.05) is 22.7 Å². The molecule has 0 spiro atoms. The quantitative estimate of drug-likeness (QED) is 0.925. The topological polar surface area (TPSA) is 46.9 Å². The average molecular weight is 343 g/mol. The smallest absolute Gasteiger partial charge is 0.256 e. The van der Waals surface area contributed by atoms with Crippen LogP contribution in [0.25, 0.3) is 0 Å². The number of carbonyl (C=O) groups is 1. The number of rotatable bonds is 3. The number of amides is 1. The van der Waals surface area contributed by atoms with E-state index in [9.17, 15) is 4.79 Å². The monoisotopic (exact) mass is 341 g/mol. The normalized spacial score (nSPS) is 10.5. The van der Waals surface area contributed by atoms with Crippen LogP contribution in [0, 0.1) is 0 Å². The molecule has 0 bridgehead atoms. The van der Waals surface area contributed by atoms with Crippen LogP contribution in [0.2, 0.25) is 5.02 Å². The third kappa shape index (κ3) is 3.16. The minimum atomic E-state index is -0.189. The van der Waals surface area contributed by atoms with Crippen molar-refractivity contribution in [1.82, 2.24) is 9.78 Å². The maximum absolute atomic E-state index is 12.2. The summed E-state index contributed by atoms with van der Waals surface area (Å²) in [5, 5.41) is 7.73. The van der Waals surface area contributed by atoms with Crippen LogP contribution in [-0.4, -0.2) is 15.7 Å². The van der Waals surface area contributed by atoms with E-state index < -0.39 is 0 Å². The van der Waals surface area contributed by atoms with E-state index >= 15 is 0 Å². The van der Waals surface area contributed by atoms with E-state index in [4.69, 9.17) is 11.6 Å². The van der Waals surface area contributed by atoms with E-state index in [0.717, 1.165) is 17.8 Å². The number of aryl methyl sites for hydroxylation is 2. The van der Waals surface area contributed by atoms with Crippen molar-refractivity contribution in [2.75, 3.05) is 5.32 Å². The Morgan fingerprint density at radius 2 is 2.26 bits per heavy atom. The largest absolute Gasteiger partial charge is 0.319 e. The molecule has 0 saturated carbocycles. The standard InChI is InChI=1S/C13H13BrClN3O/c1-3-11-12(7-18(2)17-11)16-13(19)9-5-4-8(15)6-10(9)14/h4-7H,3H2,1-2H3,(H,16,19). The molecule has 1 N–H and O–H groups in total. The number of benzene rings is 1. The number of nitrogens with one attached hydrogen (secondary N) is 1. The van der Waals surface area contributed by atoms with Gasteiger partial charge in [-0.05, 0) is 40.5 Å². The van der Waals surface area contributed by atoms with Crippen LogP contribution in [0.3, 0.4) is 0 Å². The van der Waals surface area contributed by atoms with Crippen LogP contribution in [0.15, 0.2) is 28.9 Å². The van der Waals surface area contributed by atoms with Crippen molar-refractivity contribution in [1.29, 1.82) is 0 Å². The van der Waals surface area contributed by atoms with Crippen LogP contribution >= 0.6 is 27.5 Å². The first-order valence-electron chi connectivity index (χ1n) is 5.80. The van der Waals surface area contributed by atoms with Gasteiger partial charge in [0.1, 0.15) is 0 Å². The Morgan fingerprint density at radius 1 is 1.53 bits per heavy atom. The van der Waals surface area contributed by atoms with Gasteiger partial charge in [0.15, 0.2) is 0 Å². The highest BCUT2D eigenvalue weighted by Gasteiger charge is 2.14. The van der Waals surface area contributed by atoms with Gasteiger partial charge in [-0.15, -0.1) is 0 Å². The fraction of sp³-hybridized carbons (Fsp3) is 0.231. The van der Waals surface area contributed by atoms with Crippen molar-refractivity contribution in [2.45, 2.75) is 13.3 Å². The SMILES string of the molecule is CCc1nn(C)cc1NC(=O)c1ccc(Cl)cc1Br. The minimum absolute atomic E-state index is 0.189. The Balaban J connectivity index is 2.25. The Kier molecular flexibility index (Phi) is 4.27. The summed E-state index contributed by atoms with van der Waals surface area (Å²) >= 11 is 9.19. The molecule has 0 aliphatic carbocycles. The Morgan fingerprint density at radius 3 is 2.89 bits per heavy atom. The summed E-state index contributed by atoms with van der Waals surface area (Å²) in [5.74, 6) is -0.189. The number of anilines is 1. The van der Waals surface area contributed by atoms with Gasteiger partial charge < -0.3 is 5.32 Å². The van der Waals surface area contributed by atoms with Gasteiger partial charge in [-0.1, -0.05) is 18.5 Å². The molecule has 2 aromatic rings. The van der Waals surface area contributed by atoms with Gasteiger partial charge in [0.05, 0.1) is 16.9 Å². The predicted molar refractivity (Wildman–Crippen MR) is 79.7 cm³/mol. The van der Waals surface area contributed by atoms with Crippen molar-refractivity contribution in [3.63, 3.8) is 0 Å². The third-order valence-electron chi connectivity index (χ3n) is 2.66. The van der Waals surface area contributed by atoms with Crippen molar-refractivity contribution in [2.24, 2.45) is 7.05 Å². The second kappa shape index (κ2) is 5.75. The second-order valence-electron chi connectivity index (χ2n) is 4.09. The molecule has 1 amide bonds. The highest BCUT2D eigenvalue weighted by molar-refractivity contribution is 9.10. The first kappa shape index (κ1) is 14.1. The van der Waals surface area contributed by atoms with Crippen molar-refractivity contribution >= 4 is 39.1 Å². The maximum atomic E-state index is 12.2. The average Bonchev–Trinajstić information content (AvgIpc) is 2.69. The highest BCUT2D eigenvalue weighted by Crippen LogP contribution is 2.23. The van der Waals surface area contributed by atoms with Gasteiger partial charge in [-0.3, -0.25) is 9.48 Å². The van der Waals surface area contributed by atoms with Crippen LogP contribution in [0.1, 0.15) is 23.0 Å². The summed E-state index contributed by atoms with van der Waals surface area (Å²) in [6, 6.07) is 5.06. The van der Waals surface area contributed by atoms with Crippen molar-refractivity contribution < 1.29 is 4.79 Å². The van der Waals surface area contributed by atoms with E-state index in [1.807, 2.05) is 14.0 Å². The molecule has 0 atom stereocenters. The number of carbonyl (C=O) groups excluding carboxylic acids is 1. The molecule has 0 unspecified atom stereocenters. The molecule has 1 aromatic heterocycles. The number of halogens is 2. The molecular formula is C13H13BrClN3O. The summed E-state index contributed by atoms with van der Waals surface area (Å²) in [5.41, 5.74) is 2.13. The van der Waals surface area contributed by atoms with E-state index in [0.29, 0.717) is 15.1 Å². The lowest BCUT2D eigenvalue weighted by Crippen LogP contribution is -2.13. The van der Waals surface area contributed by atoms with Gasteiger partial charge in [-0.25, -0.2) is 0 Å². The summed E-state index contributed by atoms with van der Waals surface area (Å²) in [4.78, 5) is 12.2. The summed E-state index contributed by atoms with van der Waals surface area (Å²) in [6.45, 7) is 2.00. The first-order valence-corrected chi connectivity index (χ1v) is 6.97. The summed E-state index contributed by atoms with van der Waals surface area (Å²) < 4.78 is 2.35. The van der Waals surface area contributed by atoms with Gasteiger partial charge in [0.2, 0.25) is 0 Å². The maximum Gasteiger partial charge on any atom is 0.256 e. The van der Waals surface area contributed by atoms with Crippen LogP contribution in [-0.2, 0) is 13.5 Å². The molecule has 6 heteroatoms. The zero-order valence-corrected chi connectivity index (χ0v) is 12.9. The molecule has 1 aromatic carbocycles. The molecule has 2 rings (SSSR count). The van der Waals surface area contributed by atoms with E-state index in [1.165, 1.54) is 0 Å². The first-order chi connectivity index (χ1) is 9.01. The lowest BCUT2D eigenvalue weighted by atomic mass is 10.2. The lowest BCUT2D eigenvalue weighted by Gasteiger charge is -2.06. The van der Waals surface area contributed by atoms with Crippen LogP contribution in [0.5, 0.6) is 0 Å². The highest BCUT2D eigenvalue weighted by atomic mass is 79.9. The predicted octanol–water partition coefficient (Wildman–Crippen LogP) is 3.65. The molecule has 0 aliphatic heterocycles. The molecule has 4 nitrogen and oxygen atoms in total. The molecule has 0 aliphatic rings. The summed E-state index contributed by atoms with van der Waals surface area (Å²) in [7, 11) is 1.83. The molecule has 0 radical (unpaired) electrons. The Bertz CT molecular complexity index is 624. The molecular weight excluding hydrogens is 330 g/mol. The second-order valence-corrected chi connectivity index (χ2v) is 5.39. The summed E-state index contributed by atoms with van der Waals surface area (Å²) in [6.07, 6.45) is 2.55. The molecule has 0 saturated heterocycles. The van der Waals surface area contributed by atoms with Gasteiger partial charge >= 0.3 is 0 Å². The molecule has 100 valence electrons. The number of hydrogen-bond acceptors (Lipinski definition) is 2. The van der Waals surface area contributed by atoms with E-state index in [2.05, 4.69) is 26.3 Å². The Hall–Kier alpha value is -1.33. The minimum Gasteiger partial charge on any atom is -0.319 e. The van der Waals surface area contributed by atoms with Crippen molar-refractivity contribution in [3.05, 3.63) is 45.1 Å². The van der Waals surface area contributed by atoms with Gasteiger partial charge in [-0.2, -0.15) is 5.10 Å². The number of hydrogen-bond donors (Lipinski definition) is 1. The third-order valence-corrected chi connectivity index (χ3v) is 3.56. The van der Waals surface area contributed by atoms with Crippen LogP contribution < -0.4 is 5.32 Å². The van der Waals surface area contributed by atoms with Crippen molar-refractivity contribution in [3.8, 4) is 0 Å². The Labute approximate surface area is 124 Å². The number of aromatic nitrogens is 2. The molecule has 0 fully saturated rings. The van der Waals surface area contributed by atoms with Gasteiger partial charge in [0.25, 0.3) is 5.91 Å².